The fourth-order valence-electron chi connectivity index (χ4n) is 3.00. The molecular formula is C13H21N3O. The Morgan fingerprint density at radius 1 is 1.53 bits per heavy atom. The zero-order chi connectivity index (χ0) is 11.8. The van der Waals surface area contributed by atoms with Gasteiger partial charge in [0.2, 0.25) is 0 Å². The van der Waals surface area contributed by atoms with Crippen molar-refractivity contribution in [3.05, 3.63) is 17.2 Å². The van der Waals surface area contributed by atoms with Gasteiger partial charge in [-0.05, 0) is 20.3 Å². The third kappa shape index (κ3) is 2.00. The van der Waals surface area contributed by atoms with Gasteiger partial charge in [0.25, 0.3) is 0 Å². The van der Waals surface area contributed by atoms with Crippen LogP contribution in [0.1, 0.15) is 30.6 Å². The number of imidazole rings is 1. The van der Waals surface area contributed by atoms with Crippen molar-refractivity contribution in [3.63, 3.8) is 0 Å². The lowest BCUT2D eigenvalue weighted by Crippen LogP contribution is -2.26. The second-order valence-corrected chi connectivity index (χ2v) is 5.21. The number of fused-ring (bicyclic) bond motifs is 1. The number of nitrogens with one attached hydrogen (secondary N) is 1. The number of aryl methyl sites for hydroxylation is 1. The highest BCUT2D eigenvalue weighted by Crippen LogP contribution is 2.25. The van der Waals surface area contributed by atoms with Gasteiger partial charge in [0.15, 0.2) is 0 Å². The first kappa shape index (κ1) is 11.2. The van der Waals surface area contributed by atoms with E-state index in [0.717, 1.165) is 38.5 Å². The van der Waals surface area contributed by atoms with Gasteiger partial charge in [-0.25, -0.2) is 4.98 Å². The van der Waals surface area contributed by atoms with Gasteiger partial charge in [0, 0.05) is 44.3 Å². The van der Waals surface area contributed by atoms with Gasteiger partial charge in [0.1, 0.15) is 5.82 Å². The minimum Gasteiger partial charge on any atom is -0.378 e. The van der Waals surface area contributed by atoms with E-state index >= 15 is 0 Å². The Morgan fingerprint density at radius 3 is 3.18 bits per heavy atom. The van der Waals surface area contributed by atoms with Crippen molar-refractivity contribution >= 4 is 0 Å². The summed E-state index contributed by atoms with van der Waals surface area (Å²) in [6.07, 6.45) is 2.69. The van der Waals surface area contributed by atoms with Crippen molar-refractivity contribution in [3.8, 4) is 0 Å². The summed E-state index contributed by atoms with van der Waals surface area (Å²) in [6.45, 7) is 8.32. The number of hydrogen-bond donors (Lipinski definition) is 1. The van der Waals surface area contributed by atoms with Crippen molar-refractivity contribution in [2.24, 2.45) is 5.92 Å². The summed E-state index contributed by atoms with van der Waals surface area (Å²) in [5.41, 5.74) is 2.70. The number of aromatic nitrogens is 2. The Kier molecular flexibility index (Phi) is 2.92. The molecule has 1 aromatic heterocycles. The first-order valence-corrected chi connectivity index (χ1v) is 6.63. The van der Waals surface area contributed by atoms with Gasteiger partial charge < -0.3 is 14.6 Å². The average Bonchev–Trinajstić information content (AvgIpc) is 2.85. The minimum absolute atomic E-state index is 0.397. The largest absolute Gasteiger partial charge is 0.378 e. The third-order valence-corrected chi connectivity index (χ3v) is 4.13. The van der Waals surface area contributed by atoms with Crippen LogP contribution in [0.2, 0.25) is 0 Å². The highest BCUT2D eigenvalue weighted by atomic mass is 16.5. The summed E-state index contributed by atoms with van der Waals surface area (Å²) in [6, 6.07) is 0. The molecule has 1 N–H and O–H groups in total. The molecule has 4 heteroatoms. The molecule has 0 bridgehead atoms. The number of nitrogens with zero attached hydrogens (tertiary/aromatic N) is 2. The molecule has 17 heavy (non-hydrogen) atoms. The highest BCUT2D eigenvalue weighted by molar-refractivity contribution is 5.20. The second-order valence-electron chi connectivity index (χ2n) is 5.21. The SMILES string of the molecule is Cc1nc2c(n1CC1CCOC1C)CCNC2. The van der Waals surface area contributed by atoms with Crippen LogP contribution >= 0.6 is 0 Å². The maximum absolute atomic E-state index is 5.65. The fourth-order valence-corrected chi connectivity index (χ4v) is 3.00. The zero-order valence-corrected chi connectivity index (χ0v) is 10.7. The number of ether oxygens (including phenoxy) is 1. The van der Waals surface area contributed by atoms with Gasteiger partial charge >= 0.3 is 0 Å². The Balaban J connectivity index is 1.84. The topological polar surface area (TPSA) is 39.1 Å². The molecule has 0 spiro atoms. The third-order valence-electron chi connectivity index (χ3n) is 4.13. The molecule has 0 saturated carbocycles. The number of rotatable bonds is 2. The molecule has 1 saturated heterocycles. The molecule has 1 aromatic rings. The molecule has 2 aliphatic heterocycles. The van der Waals surface area contributed by atoms with Crippen LogP contribution in [0.25, 0.3) is 0 Å². The quantitative estimate of drug-likeness (QED) is 0.839. The average molecular weight is 235 g/mol. The predicted molar refractivity (Wildman–Crippen MR) is 65.9 cm³/mol. The van der Waals surface area contributed by atoms with Crippen molar-refractivity contribution in [1.29, 1.82) is 0 Å². The van der Waals surface area contributed by atoms with E-state index in [0.29, 0.717) is 12.0 Å². The van der Waals surface area contributed by atoms with Crippen LogP contribution in [-0.2, 0) is 24.2 Å². The van der Waals surface area contributed by atoms with E-state index in [1.807, 2.05) is 0 Å². The Morgan fingerprint density at radius 2 is 2.41 bits per heavy atom. The van der Waals surface area contributed by atoms with E-state index in [2.05, 4.69) is 28.7 Å². The second kappa shape index (κ2) is 4.42. The van der Waals surface area contributed by atoms with Crippen LogP contribution in [0.3, 0.4) is 0 Å². The molecule has 0 aromatic carbocycles. The van der Waals surface area contributed by atoms with E-state index in [4.69, 9.17) is 4.74 Å². The fraction of sp³-hybridized carbons (Fsp3) is 0.769. The van der Waals surface area contributed by atoms with E-state index < -0.39 is 0 Å². The monoisotopic (exact) mass is 235 g/mol. The van der Waals surface area contributed by atoms with Crippen LogP contribution in [0.4, 0.5) is 0 Å². The predicted octanol–water partition coefficient (Wildman–Crippen LogP) is 1.26. The molecule has 2 aliphatic rings. The summed E-state index contributed by atoms with van der Waals surface area (Å²) >= 11 is 0. The Bertz CT molecular complexity index is 413. The molecule has 0 amide bonds. The molecule has 2 unspecified atom stereocenters. The molecule has 0 radical (unpaired) electrons. The van der Waals surface area contributed by atoms with E-state index in [-0.39, 0.29) is 0 Å². The molecule has 2 atom stereocenters. The van der Waals surface area contributed by atoms with Crippen LogP contribution in [0.15, 0.2) is 0 Å². The minimum atomic E-state index is 0.397. The van der Waals surface area contributed by atoms with Gasteiger partial charge in [0.05, 0.1) is 11.8 Å². The lowest BCUT2D eigenvalue weighted by molar-refractivity contribution is 0.101. The summed E-state index contributed by atoms with van der Waals surface area (Å²) < 4.78 is 8.07. The zero-order valence-electron chi connectivity index (χ0n) is 10.7. The number of hydrogen-bond acceptors (Lipinski definition) is 3. The van der Waals surface area contributed by atoms with Gasteiger partial charge in [-0.2, -0.15) is 0 Å². The molecule has 94 valence electrons. The Hall–Kier alpha value is -0.870. The van der Waals surface area contributed by atoms with Gasteiger partial charge in [-0.1, -0.05) is 0 Å². The van der Waals surface area contributed by atoms with Crippen LogP contribution < -0.4 is 5.32 Å². The van der Waals surface area contributed by atoms with Crippen molar-refractivity contribution in [2.45, 2.75) is 45.9 Å². The standard InChI is InChI=1S/C13H21N3O/c1-9-11(4-6-17-9)8-16-10(2)15-12-7-14-5-3-13(12)16/h9,11,14H,3-8H2,1-2H3. The summed E-state index contributed by atoms with van der Waals surface area (Å²) in [5.74, 6) is 1.82. The molecule has 4 nitrogen and oxygen atoms in total. The summed E-state index contributed by atoms with van der Waals surface area (Å²) in [7, 11) is 0. The lowest BCUT2D eigenvalue weighted by Gasteiger charge is -2.20. The smallest absolute Gasteiger partial charge is 0.106 e. The molecule has 1 fully saturated rings. The van der Waals surface area contributed by atoms with E-state index in [9.17, 15) is 0 Å². The van der Waals surface area contributed by atoms with Gasteiger partial charge in [-0.3, -0.25) is 0 Å². The molecular weight excluding hydrogens is 214 g/mol. The molecule has 0 aliphatic carbocycles. The molecule has 3 rings (SSSR count). The maximum Gasteiger partial charge on any atom is 0.106 e. The first-order chi connectivity index (χ1) is 8.25. The Labute approximate surface area is 102 Å². The summed E-state index contributed by atoms with van der Waals surface area (Å²) in [4.78, 5) is 4.68. The first-order valence-electron chi connectivity index (χ1n) is 6.63. The highest BCUT2D eigenvalue weighted by Gasteiger charge is 2.27. The lowest BCUT2D eigenvalue weighted by atomic mass is 10.0. The van der Waals surface area contributed by atoms with Crippen molar-refractivity contribution in [2.75, 3.05) is 13.2 Å². The van der Waals surface area contributed by atoms with Crippen molar-refractivity contribution in [1.82, 2.24) is 14.9 Å². The van der Waals surface area contributed by atoms with Gasteiger partial charge in [-0.15, -0.1) is 0 Å². The summed E-state index contributed by atoms with van der Waals surface area (Å²) in [5, 5.41) is 3.38. The van der Waals surface area contributed by atoms with Crippen LogP contribution in [0.5, 0.6) is 0 Å². The van der Waals surface area contributed by atoms with Crippen LogP contribution in [0, 0.1) is 12.8 Å². The molecule has 3 heterocycles. The van der Waals surface area contributed by atoms with E-state index in [1.54, 1.807) is 0 Å². The van der Waals surface area contributed by atoms with E-state index in [1.165, 1.54) is 17.8 Å². The van der Waals surface area contributed by atoms with Crippen molar-refractivity contribution < 1.29 is 4.74 Å². The van der Waals surface area contributed by atoms with Crippen LogP contribution in [-0.4, -0.2) is 28.8 Å². The normalized spacial score (nSPS) is 28.4. The maximum atomic E-state index is 5.65.